The van der Waals surface area contributed by atoms with E-state index in [1.165, 1.54) is 12.2 Å². The average molecular weight is 356 g/mol. The molecule has 0 aromatic rings. The molecule has 24 heavy (non-hydrogen) atoms. The molecule has 2 atom stereocenters. The Bertz CT molecular complexity index is 431. The molecule has 0 spiro atoms. The van der Waals surface area contributed by atoms with Crippen LogP contribution in [0, 0.1) is 5.92 Å². The second-order valence-corrected chi connectivity index (χ2v) is 8.12. The Kier molecular flexibility index (Phi) is 8.18. The summed E-state index contributed by atoms with van der Waals surface area (Å²) in [7, 11) is 1.87. The SMILES string of the molecule is CCC1CN(C(=NC)NCCCN2CCCC(C(N)=O)C2)CCS1. The number of carbonyl (C=O) groups excluding carboxylic acids is 1. The molecule has 0 aromatic heterocycles. The van der Waals surface area contributed by atoms with Gasteiger partial charge < -0.3 is 20.9 Å². The third kappa shape index (κ3) is 5.84. The molecule has 2 unspecified atom stereocenters. The number of thioether (sulfide) groups is 1. The first kappa shape index (κ1) is 19.4. The second kappa shape index (κ2) is 10.1. The molecular weight excluding hydrogens is 322 g/mol. The first-order chi connectivity index (χ1) is 11.6. The van der Waals surface area contributed by atoms with Gasteiger partial charge in [0.15, 0.2) is 5.96 Å². The van der Waals surface area contributed by atoms with Crippen LogP contribution in [0.3, 0.4) is 0 Å². The summed E-state index contributed by atoms with van der Waals surface area (Å²) < 4.78 is 0. The fourth-order valence-electron chi connectivity index (χ4n) is 3.48. The second-order valence-electron chi connectivity index (χ2n) is 6.72. The zero-order valence-electron chi connectivity index (χ0n) is 15.2. The molecule has 0 aliphatic carbocycles. The van der Waals surface area contributed by atoms with E-state index in [9.17, 15) is 4.79 Å². The highest BCUT2D eigenvalue weighted by atomic mass is 32.2. The number of nitrogens with two attached hydrogens (primary N) is 1. The molecule has 138 valence electrons. The van der Waals surface area contributed by atoms with Crippen LogP contribution in [0.1, 0.15) is 32.6 Å². The summed E-state index contributed by atoms with van der Waals surface area (Å²) in [5.74, 6) is 2.10. The van der Waals surface area contributed by atoms with Gasteiger partial charge in [0.25, 0.3) is 0 Å². The number of hydrogen-bond donors (Lipinski definition) is 2. The van der Waals surface area contributed by atoms with Gasteiger partial charge in [0.1, 0.15) is 0 Å². The van der Waals surface area contributed by atoms with Gasteiger partial charge in [0.2, 0.25) is 5.91 Å². The van der Waals surface area contributed by atoms with E-state index >= 15 is 0 Å². The van der Waals surface area contributed by atoms with Crippen molar-refractivity contribution < 1.29 is 4.79 Å². The Balaban J connectivity index is 1.68. The van der Waals surface area contributed by atoms with Crippen LogP contribution >= 0.6 is 11.8 Å². The van der Waals surface area contributed by atoms with Crippen LogP contribution < -0.4 is 11.1 Å². The number of carbonyl (C=O) groups is 1. The number of primary amides is 1. The first-order valence-electron chi connectivity index (χ1n) is 9.23. The van der Waals surface area contributed by atoms with Gasteiger partial charge in [-0.15, -0.1) is 0 Å². The molecule has 0 saturated carbocycles. The number of nitrogens with zero attached hydrogens (tertiary/aromatic N) is 3. The number of hydrogen-bond acceptors (Lipinski definition) is 4. The standard InChI is InChI=1S/C17H33N5OS/c1-3-15-13-22(10-11-24-15)17(19-2)20-7-5-9-21-8-4-6-14(12-21)16(18)23/h14-15H,3-13H2,1-2H3,(H2,18,23)(H,19,20). The maximum Gasteiger partial charge on any atom is 0.221 e. The number of guanidine groups is 1. The molecule has 1 amide bonds. The Morgan fingerprint density at radius 3 is 2.92 bits per heavy atom. The lowest BCUT2D eigenvalue weighted by atomic mass is 9.97. The van der Waals surface area contributed by atoms with Crippen molar-refractivity contribution >= 4 is 23.6 Å². The minimum atomic E-state index is -0.147. The van der Waals surface area contributed by atoms with Crippen LogP contribution in [0.5, 0.6) is 0 Å². The molecule has 0 aromatic carbocycles. The Hall–Kier alpha value is -0.950. The highest BCUT2D eigenvalue weighted by Gasteiger charge is 2.24. The lowest BCUT2D eigenvalue weighted by Crippen LogP contribution is -2.48. The molecule has 2 heterocycles. The molecule has 0 bridgehead atoms. The summed E-state index contributed by atoms with van der Waals surface area (Å²) in [6, 6.07) is 0. The molecule has 2 fully saturated rings. The maximum atomic E-state index is 11.3. The van der Waals surface area contributed by atoms with Crippen molar-refractivity contribution in [1.82, 2.24) is 15.1 Å². The Morgan fingerprint density at radius 1 is 1.38 bits per heavy atom. The largest absolute Gasteiger partial charge is 0.369 e. The monoisotopic (exact) mass is 355 g/mol. The number of nitrogens with one attached hydrogen (secondary N) is 1. The van der Waals surface area contributed by atoms with Gasteiger partial charge in [-0.2, -0.15) is 11.8 Å². The van der Waals surface area contributed by atoms with Crippen LogP contribution in [-0.2, 0) is 4.79 Å². The van der Waals surface area contributed by atoms with Gasteiger partial charge in [-0.05, 0) is 38.8 Å². The summed E-state index contributed by atoms with van der Waals surface area (Å²) in [6.07, 6.45) is 4.30. The fourth-order valence-corrected chi connectivity index (χ4v) is 4.66. The molecule has 2 rings (SSSR count). The minimum Gasteiger partial charge on any atom is -0.369 e. The van der Waals surface area contributed by atoms with Crippen molar-refractivity contribution in [3.8, 4) is 0 Å². The maximum absolute atomic E-state index is 11.3. The van der Waals surface area contributed by atoms with E-state index in [2.05, 4.69) is 38.8 Å². The van der Waals surface area contributed by atoms with E-state index in [1.54, 1.807) is 0 Å². The summed E-state index contributed by atoms with van der Waals surface area (Å²) in [6.45, 7) is 8.27. The molecule has 2 aliphatic rings. The summed E-state index contributed by atoms with van der Waals surface area (Å²) in [4.78, 5) is 20.5. The lowest BCUT2D eigenvalue weighted by Gasteiger charge is -2.34. The number of amides is 1. The van der Waals surface area contributed by atoms with Crippen LogP contribution in [0.15, 0.2) is 4.99 Å². The fraction of sp³-hybridized carbons (Fsp3) is 0.882. The highest BCUT2D eigenvalue weighted by molar-refractivity contribution is 8.00. The van der Waals surface area contributed by atoms with Crippen LogP contribution in [-0.4, -0.2) is 79.0 Å². The quantitative estimate of drug-likeness (QED) is 0.422. The van der Waals surface area contributed by atoms with Gasteiger partial charge in [0.05, 0.1) is 5.92 Å². The predicted octanol–water partition coefficient (Wildman–Crippen LogP) is 0.977. The molecular formula is C17H33N5OS. The van der Waals surface area contributed by atoms with E-state index in [-0.39, 0.29) is 11.8 Å². The molecule has 2 aliphatic heterocycles. The van der Waals surface area contributed by atoms with E-state index in [0.29, 0.717) is 0 Å². The summed E-state index contributed by atoms with van der Waals surface area (Å²) in [5, 5.41) is 4.22. The number of rotatable bonds is 6. The van der Waals surface area contributed by atoms with E-state index in [0.717, 1.165) is 69.7 Å². The number of piperidine rings is 1. The van der Waals surface area contributed by atoms with Gasteiger partial charge in [-0.25, -0.2) is 0 Å². The van der Waals surface area contributed by atoms with Crippen LogP contribution in [0.25, 0.3) is 0 Å². The number of likely N-dealkylation sites (tertiary alicyclic amines) is 1. The van der Waals surface area contributed by atoms with Crippen molar-refractivity contribution in [2.24, 2.45) is 16.6 Å². The third-order valence-electron chi connectivity index (χ3n) is 4.95. The van der Waals surface area contributed by atoms with Crippen molar-refractivity contribution in [2.75, 3.05) is 52.1 Å². The molecule has 2 saturated heterocycles. The highest BCUT2D eigenvalue weighted by Crippen LogP contribution is 2.21. The van der Waals surface area contributed by atoms with Crippen molar-refractivity contribution in [3.63, 3.8) is 0 Å². The zero-order valence-corrected chi connectivity index (χ0v) is 16.0. The molecule has 3 N–H and O–H groups in total. The molecule has 0 radical (unpaired) electrons. The predicted molar refractivity (Wildman–Crippen MR) is 102 cm³/mol. The van der Waals surface area contributed by atoms with Gasteiger partial charge in [-0.1, -0.05) is 6.92 Å². The van der Waals surface area contributed by atoms with Crippen molar-refractivity contribution in [3.05, 3.63) is 0 Å². The average Bonchev–Trinajstić information content (AvgIpc) is 2.62. The van der Waals surface area contributed by atoms with Crippen molar-refractivity contribution in [2.45, 2.75) is 37.9 Å². The van der Waals surface area contributed by atoms with E-state index < -0.39 is 0 Å². The summed E-state index contributed by atoms with van der Waals surface area (Å²) >= 11 is 2.08. The van der Waals surface area contributed by atoms with E-state index in [4.69, 9.17) is 5.73 Å². The lowest BCUT2D eigenvalue weighted by molar-refractivity contribution is -0.123. The smallest absolute Gasteiger partial charge is 0.221 e. The van der Waals surface area contributed by atoms with Gasteiger partial charge >= 0.3 is 0 Å². The normalized spacial score (nSPS) is 26.4. The van der Waals surface area contributed by atoms with Crippen LogP contribution in [0.4, 0.5) is 0 Å². The van der Waals surface area contributed by atoms with Crippen LogP contribution in [0.2, 0.25) is 0 Å². The zero-order chi connectivity index (χ0) is 17.4. The van der Waals surface area contributed by atoms with Gasteiger partial charge in [0, 0.05) is 44.2 Å². The topological polar surface area (TPSA) is 74.0 Å². The number of aliphatic imine (C=N–C) groups is 1. The Labute approximate surface area is 150 Å². The molecule has 7 heteroatoms. The Morgan fingerprint density at radius 2 is 2.21 bits per heavy atom. The molecule has 6 nitrogen and oxygen atoms in total. The van der Waals surface area contributed by atoms with Gasteiger partial charge in [-0.3, -0.25) is 9.79 Å². The third-order valence-corrected chi connectivity index (χ3v) is 6.32. The summed E-state index contributed by atoms with van der Waals surface area (Å²) in [5.41, 5.74) is 5.45. The van der Waals surface area contributed by atoms with Crippen molar-refractivity contribution in [1.29, 1.82) is 0 Å². The minimum absolute atomic E-state index is 0.0382. The van der Waals surface area contributed by atoms with E-state index in [1.807, 2.05) is 7.05 Å². The first-order valence-corrected chi connectivity index (χ1v) is 10.3.